The molecule has 1 atom stereocenters. The Balaban J connectivity index is 2.28. The molecule has 0 aliphatic rings. The van der Waals surface area contributed by atoms with Gasteiger partial charge >= 0.3 is 5.69 Å². The maximum Gasteiger partial charge on any atom is 0.332 e. The van der Waals surface area contributed by atoms with Crippen molar-refractivity contribution in [1.29, 1.82) is 0 Å². The molecule has 0 radical (unpaired) electrons. The first-order valence-corrected chi connectivity index (χ1v) is 9.60. The van der Waals surface area contributed by atoms with Crippen molar-refractivity contribution < 1.29 is 4.79 Å². The van der Waals surface area contributed by atoms with Crippen molar-refractivity contribution >= 4 is 32.9 Å². The summed E-state index contributed by atoms with van der Waals surface area (Å²) in [5.41, 5.74) is 0.168. The number of unbranched alkanes of at least 4 members (excludes halogenated alkanes) is 1. The molecule has 0 fully saturated rings. The first-order valence-electron chi connectivity index (χ1n) is 8.81. The highest BCUT2D eigenvalue weighted by Gasteiger charge is 2.28. The number of hydrogen-bond donors (Lipinski definition) is 0. The molecular weight excluding hydrogens is 412 g/mol. The minimum atomic E-state index is -0.586. The van der Waals surface area contributed by atoms with Crippen LogP contribution in [0.4, 0.5) is 0 Å². The summed E-state index contributed by atoms with van der Waals surface area (Å²) in [6.07, 6.45) is 2.31. The van der Waals surface area contributed by atoms with Gasteiger partial charge in [0.1, 0.15) is 0 Å². The molecule has 8 heteroatoms. The van der Waals surface area contributed by atoms with E-state index in [-0.39, 0.29) is 16.9 Å². The molecular formula is C19H21BrN4O3. The lowest BCUT2D eigenvalue weighted by molar-refractivity contribution is 0.0918. The van der Waals surface area contributed by atoms with Crippen LogP contribution >= 0.6 is 15.9 Å². The van der Waals surface area contributed by atoms with Gasteiger partial charge in [-0.3, -0.25) is 18.7 Å². The highest BCUT2D eigenvalue weighted by molar-refractivity contribution is 9.10. The van der Waals surface area contributed by atoms with Crippen LogP contribution in [-0.2, 0) is 14.1 Å². The number of fused-ring (bicyclic) bond motifs is 1. The smallest absolute Gasteiger partial charge is 0.302 e. The lowest BCUT2D eigenvalue weighted by Crippen LogP contribution is -2.38. The molecule has 2 aromatic heterocycles. The third-order valence-electron chi connectivity index (χ3n) is 4.75. The maximum absolute atomic E-state index is 13.2. The van der Waals surface area contributed by atoms with Crippen LogP contribution in [-0.4, -0.2) is 24.5 Å². The van der Waals surface area contributed by atoms with E-state index in [1.165, 1.54) is 11.6 Å². The summed E-state index contributed by atoms with van der Waals surface area (Å²) >= 11 is 3.40. The minimum Gasteiger partial charge on any atom is -0.302 e. The average Bonchev–Trinajstić information content (AvgIpc) is 3.03. The van der Waals surface area contributed by atoms with Gasteiger partial charge in [-0.05, 0) is 22.4 Å². The second-order valence-corrected chi connectivity index (χ2v) is 7.23. The molecule has 0 bridgehead atoms. The fourth-order valence-electron chi connectivity index (χ4n) is 3.24. The summed E-state index contributed by atoms with van der Waals surface area (Å²) in [7, 11) is 2.99. The normalized spacial score (nSPS) is 12.4. The molecule has 2 heterocycles. The van der Waals surface area contributed by atoms with Crippen molar-refractivity contribution in [2.45, 2.75) is 32.2 Å². The average molecular weight is 433 g/mol. The minimum absolute atomic E-state index is 0.0834. The van der Waals surface area contributed by atoms with Gasteiger partial charge in [0.05, 0.1) is 6.04 Å². The predicted octanol–water partition coefficient (Wildman–Crippen LogP) is 2.81. The Labute approximate surface area is 164 Å². The number of aromatic nitrogens is 4. The Morgan fingerprint density at radius 2 is 1.81 bits per heavy atom. The van der Waals surface area contributed by atoms with Gasteiger partial charge in [-0.1, -0.05) is 50.1 Å². The monoisotopic (exact) mass is 432 g/mol. The van der Waals surface area contributed by atoms with Crippen LogP contribution < -0.4 is 11.2 Å². The summed E-state index contributed by atoms with van der Waals surface area (Å²) in [5.74, 6) is -0.0834. The molecule has 3 aromatic rings. The molecule has 0 saturated heterocycles. The quantitative estimate of drug-likeness (QED) is 0.443. The number of benzene rings is 1. The zero-order valence-corrected chi connectivity index (χ0v) is 17.1. The van der Waals surface area contributed by atoms with Gasteiger partial charge < -0.3 is 4.57 Å². The topological polar surface area (TPSA) is 78.9 Å². The molecule has 0 unspecified atom stereocenters. The second-order valence-electron chi connectivity index (χ2n) is 6.52. The fourth-order valence-corrected chi connectivity index (χ4v) is 3.83. The molecule has 1 aromatic carbocycles. The number of imidazole rings is 1. The predicted molar refractivity (Wildman–Crippen MR) is 107 cm³/mol. The highest BCUT2D eigenvalue weighted by Crippen LogP contribution is 2.28. The molecule has 142 valence electrons. The van der Waals surface area contributed by atoms with Crippen molar-refractivity contribution in [3.8, 4) is 0 Å². The number of ketones is 1. The number of aryl methyl sites for hydroxylation is 1. The molecule has 0 spiro atoms. The lowest BCUT2D eigenvalue weighted by atomic mass is 9.99. The van der Waals surface area contributed by atoms with Crippen molar-refractivity contribution in [1.82, 2.24) is 18.7 Å². The van der Waals surface area contributed by atoms with E-state index in [0.717, 1.165) is 17.4 Å². The highest BCUT2D eigenvalue weighted by atomic mass is 79.9. The van der Waals surface area contributed by atoms with Crippen molar-refractivity contribution in [3.63, 3.8) is 0 Å². The lowest BCUT2D eigenvalue weighted by Gasteiger charge is -2.19. The number of carbonyl (C=O) groups excluding carboxylic acids is 1. The molecule has 0 N–H and O–H groups in total. The van der Waals surface area contributed by atoms with E-state index in [1.54, 1.807) is 23.7 Å². The Hall–Kier alpha value is -2.48. The maximum atomic E-state index is 13.2. The van der Waals surface area contributed by atoms with Gasteiger partial charge in [-0.15, -0.1) is 0 Å². The largest absolute Gasteiger partial charge is 0.332 e. The Morgan fingerprint density at radius 1 is 1.15 bits per heavy atom. The summed E-state index contributed by atoms with van der Waals surface area (Å²) in [6, 6.07) is 8.43. The first-order chi connectivity index (χ1) is 12.9. The van der Waals surface area contributed by atoms with Crippen molar-refractivity contribution in [2.75, 3.05) is 0 Å². The van der Waals surface area contributed by atoms with Crippen LogP contribution in [0.5, 0.6) is 0 Å². The third-order valence-corrected chi connectivity index (χ3v) is 5.31. The summed E-state index contributed by atoms with van der Waals surface area (Å²) < 4.78 is 4.35. The second kappa shape index (κ2) is 7.64. The molecule has 0 aliphatic carbocycles. The van der Waals surface area contributed by atoms with E-state index in [4.69, 9.17) is 0 Å². The van der Waals surface area contributed by atoms with Crippen LogP contribution in [0.2, 0.25) is 0 Å². The summed E-state index contributed by atoms with van der Waals surface area (Å²) in [5, 5.41) is 0. The van der Waals surface area contributed by atoms with Crippen LogP contribution in [0.25, 0.3) is 11.2 Å². The van der Waals surface area contributed by atoms with E-state index in [1.807, 2.05) is 25.1 Å². The number of nitrogens with zero attached hydrogens (tertiary/aromatic N) is 4. The van der Waals surface area contributed by atoms with Gasteiger partial charge in [0.25, 0.3) is 5.56 Å². The van der Waals surface area contributed by atoms with Gasteiger partial charge in [0, 0.05) is 19.7 Å². The zero-order valence-electron chi connectivity index (χ0n) is 15.5. The van der Waals surface area contributed by atoms with E-state index in [2.05, 4.69) is 20.9 Å². The Bertz CT molecular complexity index is 1110. The Kier molecular flexibility index (Phi) is 5.46. The van der Waals surface area contributed by atoms with Crippen LogP contribution in [0.3, 0.4) is 0 Å². The SMILES string of the molecule is CCCC[C@H](C(=O)c1ccccc1)n1c(Br)nc2c1c(=O)n(C)c(=O)n2C. The first kappa shape index (κ1) is 19.3. The molecule has 0 aliphatic heterocycles. The van der Waals surface area contributed by atoms with E-state index < -0.39 is 17.3 Å². The standard InChI is InChI=1S/C19H21BrN4O3/c1-4-5-11-13(15(25)12-9-7-6-8-10-12)24-14-16(21-18(24)20)22(2)19(27)23(3)17(14)26/h6-10,13H,4-5,11H2,1-3H3/t13-/m1/s1. The Morgan fingerprint density at radius 3 is 2.44 bits per heavy atom. The number of Topliss-reactive ketones (excluding diaryl/α,β-unsaturated/α-hetero) is 1. The third kappa shape index (κ3) is 3.29. The molecule has 0 saturated carbocycles. The number of carbonyl (C=O) groups is 1. The van der Waals surface area contributed by atoms with E-state index >= 15 is 0 Å². The molecule has 27 heavy (non-hydrogen) atoms. The van der Waals surface area contributed by atoms with Crippen molar-refractivity contribution in [2.24, 2.45) is 14.1 Å². The zero-order chi connectivity index (χ0) is 19.7. The summed E-state index contributed by atoms with van der Waals surface area (Å²) in [6.45, 7) is 2.05. The van der Waals surface area contributed by atoms with Crippen LogP contribution in [0.1, 0.15) is 42.6 Å². The van der Waals surface area contributed by atoms with E-state index in [9.17, 15) is 14.4 Å². The van der Waals surface area contributed by atoms with Gasteiger partial charge in [-0.25, -0.2) is 9.78 Å². The molecule has 7 nitrogen and oxygen atoms in total. The fraction of sp³-hybridized carbons (Fsp3) is 0.368. The number of rotatable bonds is 6. The number of halogens is 1. The van der Waals surface area contributed by atoms with Crippen molar-refractivity contribution in [3.05, 3.63) is 61.5 Å². The van der Waals surface area contributed by atoms with E-state index in [0.29, 0.717) is 16.7 Å². The molecule has 3 rings (SSSR count). The van der Waals surface area contributed by atoms with Gasteiger partial charge in [-0.2, -0.15) is 0 Å². The van der Waals surface area contributed by atoms with Crippen LogP contribution in [0.15, 0.2) is 44.7 Å². The van der Waals surface area contributed by atoms with Gasteiger partial charge in [0.15, 0.2) is 21.7 Å². The van der Waals surface area contributed by atoms with Gasteiger partial charge in [0.2, 0.25) is 0 Å². The molecule has 0 amide bonds. The summed E-state index contributed by atoms with van der Waals surface area (Å²) in [4.78, 5) is 42.6. The number of hydrogen-bond acceptors (Lipinski definition) is 4. The van der Waals surface area contributed by atoms with Crippen LogP contribution in [0, 0.1) is 0 Å².